The molecule has 0 bridgehead atoms. The molecule has 2 nitrogen and oxygen atoms in total. The Labute approximate surface area is 122 Å². The van der Waals surface area contributed by atoms with Gasteiger partial charge in [0, 0.05) is 19.1 Å². The van der Waals surface area contributed by atoms with Crippen LogP contribution < -0.4 is 10.2 Å². The minimum absolute atomic E-state index is 0.150. The zero-order valence-electron chi connectivity index (χ0n) is 13.0. The Kier molecular flexibility index (Phi) is 7.31. The third kappa shape index (κ3) is 4.64. The summed E-state index contributed by atoms with van der Waals surface area (Å²) in [5.74, 6) is -0.150. The van der Waals surface area contributed by atoms with Gasteiger partial charge < -0.3 is 10.2 Å². The predicted molar refractivity (Wildman–Crippen MR) is 85.8 cm³/mol. The van der Waals surface area contributed by atoms with Crippen molar-refractivity contribution in [3.8, 4) is 0 Å². The number of benzene rings is 1. The Bertz CT molecular complexity index is 417. The molecule has 1 rings (SSSR count). The second-order valence-corrected chi connectivity index (χ2v) is 5.12. The number of anilines is 1. The van der Waals surface area contributed by atoms with Crippen LogP contribution in [0.15, 0.2) is 30.9 Å². The van der Waals surface area contributed by atoms with Crippen molar-refractivity contribution in [3.05, 3.63) is 42.2 Å². The monoisotopic (exact) mass is 278 g/mol. The smallest absolute Gasteiger partial charge is 0.146 e. The lowest BCUT2D eigenvalue weighted by atomic mass is 10.1. The van der Waals surface area contributed by atoms with E-state index in [1.54, 1.807) is 6.07 Å². The number of hydrogen-bond donors (Lipinski definition) is 1. The number of nitrogens with one attached hydrogen (secondary N) is 1. The van der Waals surface area contributed by atoms with Crippen LogP contribution in [-0.4, -0.2) is 19.6 Å². The van der Waals surface area contributed by atoms with E-state index in [1.165, 1.54) is 0 Å². The third-order valence-electron chi connectivity index (χ3n) is 3.36. The molecule has 1 atom stereocenters. The van der Waals surface area contributed by atoms with Gasteiger partial charge in [-0.15, -0.1) is 6.58 Å². The van der Waals surface area contributed by atoms with Crippen molar-refractivity contribution in [2.45, 2.75) is 39.7 Å². The first-order valence-electron chi connectivity index (χ1n) is 7.52. The zero-order valence-corrected chi connectivity index (χ0v) is 13.0. The SMILES string of the molecule is C=CCN(CCC)c1ccc(C(C)NCCC)cc1F. The van der Waals surface area contributed by atoms with Crippen LogP contribution >= 0.6 is 0 Å². The Morgan fingerprint density at radius 1 is 1.35 bits per heavy atom. The fourth-order valence-corrected chi connectivity index (χ4v) is 2.26. The second kappa shape index (κ2) is 8.75. The summed E-state index contributed by atoms with van der Waals surface area (Å²) in [6, 6.07) is 5.72. The van der Waals surface area contributed by atoms with Crippen molar-refractivity contribution in [1.82, 2.24) is 5.32 Å². The van der Waals surface area contributed by atoms with E-state index in [1.807, 2.05) is 23.1 Å². The molecule has 0 aromatic heterocycles. The summed E-state index contributed by atoms with van der Waals surface area (Å²) in [6.07, 6.45) is 3.88. The van der Waals surface area contributed by atoms with Crippen molar-refractivity contribution in [3.63, 3.8) is 0 Å². The normalized spacial score (nSPS) is 12.2. The molecule has 3 heteroatoms. The van der Waals surface area contributed by atoms with Crippen molar-refractivity contribution >= 4 is 5.69 Å². The summed E-state index contributed by atoms with van der Waals surface area (Å²) in [4.78, 5) is 2.02. The highest BCUT2D eigenvalue weighted by Crippen LogP contribution is 2.23. The van der Waals surface area contributed by atoms with Gasteiger partial charge in [-0.3, -0.25) is 0 Å². The highest BCUT2D eigenvalue weighted by molar-refractivity contribution is 5.50. The van der Waals surface area contributed by atoms with Crippen LogP contribution in [0.5, 0.6) is 0 Å². The molecule has 0 spiro atoms. The van der Waals surface area contributed by atoms with Crippen LogP contribution in [0.3, 0.4) is 0 Å². The molecule has 20 heavy (non-hydrogen) atoms. The van der Waals surface area contributed by atoms with E-state index in [9.17, 15) is 4.39 Å². The standard InChI is InChI=1S/C17H27FN2/c1-5-10-19-14(4)15-8-9-17(16(18)13-15)20(11-6-2)12-7-3/h6,8-9,13-14,19H,2,5,7,10-12H2,1,3-4H3. The maximum Gasteiger partial charge on any atom is 0.146 e. The minimum Gasteiger partial charge on any atom is -0.365 e. The fraction of sp³-hybridized carbons (Fsp3) is 0.529. The first-order chi connectivity index (χ1) is 9.63. The van der Waals surface area contributed by atoms with E-state index in [0.29, 0.717) is 12.2 Å². The number of halogens is 1. The third-order valence-corrected chi connectivity index (χ3v) is 3.36. The Hall–Kier alpha value is -1.35. The molecule has 0 amide bonds. The lowest BCUT2D eigenvalue weighted by Crippen LogP contribution is -2.25. The van der Waals surface area contributed by atoms with Gasteiger partial charge in [-0.25, -0.2) is 4.39 Å². The quantitative estimate of drug-likeness (QED) is 0.678. The summed E-state index contributed by atoms with van der Waals surface area (Å²) in [7, 11) is 0. The molecule has 1 N–H and O–H groups in total. The average Bonchev–Trinajstić information content (AvgIpc) is 2.44. The summed E-state index contributed by atoms with van der Waals surface area (Å²) in [5, 5.41) is 3.38. The van der Waals surface area contributed by atoms with E-state index in [2.05, 4.69) is 32.7 Å². The number of hydrogen-bond acceptors (Lipinski definition) is 2. The largest absolute Gasteiger partial charge is 0.365 e. The van der Waals surface area contributed by atoms with E-state index < -0.39 is 0 Å². The average molecular weight is 278 g/mol. The van der Waals surface area contributed by atoms with E-state index in [-0.39, 0.29) is 11.9 Å². The van der Waals surface area contributed by atoms with Crippen LogP contribution in [0, 0.1) is 5.82 Å². The first-order valence-corrected chi connectivity index (χ1v) is 7.52. The lowest BCUT2D eigenvalue weighted by molar-refractivity contribution is 0.561. The first kappa shape index (κ1) is 16.7. The van der Waals surface area contributed by atoms with Gasteiger partial charge >= 0.3 is 0 Å². The molecule has 0 aliphatic heterocycles. The molecule has 1 aromatic rings. The predicted octanol–water partition coefficient (Wildman–Crippen LogP) is 4.29. The Balaban J connectivity index is 2.87. The Morgan fingerprint density at radius 2 is 2.10 bits per heavy atom. The van der Waals surface area contributed by atoms with Crippen molar-refractivity contribution < 1.29 is 4.39 Å². The summed E-state index contributed by atoms with van der Waals surface area (Å²) in [6.45, 7) is 12.5. The molecule has 1 unspecified atom stereocenters. The minimum atomic E-state index is -0.150. The molecular weight excluding hydrogens is 251 g/mol. The summed E-state index contributed by atoms with van der Waals surface area (Å²) < 4.78 is 14.3. The molecular formula is C17H27FN2. The highest BCUT2D eigenvalue weighted by atomic mass is 19.1. The number of nitrogens with zero attached hydrogens (tertiary/aromatic N) is 1. The van der Waals surface area contributed by atoms with Gasteiger partial charge in [0.1, 0.15) is 5.82 Å². The second-order valence-electron chi connectivity index (χ2n) is 5.12. The van der Waals surface area contributed by atoms with Crippen molar-refractivity contribution in [2.24, 2.45) is 0 Å². The van der Waals surface area contributed by atoms with E-state index in [4.69, 9.17) is 0 Å². The molecule has 0 aliphatic rings. The van der Waals surface area contributed by atoms with Crippen molar-refractivity contribution in [2.75, 3.05) is 24.5 Å². The van der Waals surface area contributed by atoms with Crippen LogP contribution in [0.2, 0.25) is 0 Å². The van der Waals surface area contributed by atoms with Gasteiger partial charge in [0.15, 0.2) is 0 Å². The molecule has 0 radical (unpaired) electrons. The van der Waals surface area contributed by atoms with Gasteiger partial charge in [-0.2, -0.15) is 0 Å². The fourth-order valence-electron chi connectivity index (χ4n) is 2.26. The molecule has 0 fully saturated rings. The molecule has 0 saturated heterocycles. The topological polar surface area (TPSA) is 15.3 Å². The maximum atomic E-state index is 14.3. The Morgan fingerprint density at radius 3 is 2.65 bits per heavy atom. The van der Waals surface area contributed by atoms with E-state index >= 15 is 0 Å². The van der Waals surface area contributed by atoms with Crippen LogP contribution in [0.4, 0.5) is 10.1 Å². The van der Waals surface area contributed by atoms with Gasteiger partial charge in [-0.05, 0) is 44.0 Å². The maximum absolute atomic E-state index is 14.3. The van der Waals surface area contributed by atoms with Crippen LogP contribution in [-0.2, 0) is 0 Å². The van der Waals surface area contributed by atoms with Crippen molar-refractivity contribution in [1.29, 1.82) is 0 Å². The molecule has 112 valence electrons. The van der Waals surface area contributed by atoms with E-state index in [0.717, 1.165) is 31.5 Å². The molecule has 1 aromatic carbocycles. The van der Waals surface area contributed by atoms with Crippen LogP contribution in [0.1, 0.15) is 45.2 Å². The van der Waals surface area contributed by atoms with Crippen LogP contribution in [0.25, 0.3) is 0 Å². The molecule has 0 aliphatic carbocycles. The van der Waals surface area contributed by atoms with Gasteiger partial charge in [0.05, 0.1) is 5.69 Å². The van der Waals surface area contributed by atoms with Gasteiger partial charge in [0.2, 0.25) is 0 Å². The zero-order chi connectivity index (χ0) is 15.0. The summed E-state index contributed by atoms with van der Waals surface area (Å²) in [5.41, 5.74) is 1.66. The lowest BCUT2D eigenvalue weighted by Gasteiger charge is -2.24. The molecule has 0 saturated carbocycles. The highest BCUT2D eigenvalue weighted by Gasteiger charge is 2.12. The summed E-state index contributed by atoms with van der Waals surface area (Å²) >= 11 is 0. The van der Waals surface area contributed by atoms with Gasteiger partial charge in [0.25, 0.3) is 0 Å². The number of rotatable bonds is 9. The van der Waals surface area contributed by atoms with Gasteiger partial charge in [-0.1, -0.05) is 26.0 Å². The molecule has 0 heterocycles.